The largest absolute Gasteiger partial charge is 0.355 e. The van der Waals surface area contributed by atoms with Crippen LogP contribution in [0.2, 0.25) is 0 Å². The summed E-state index contributed by atoms with van der Waals surface area (Å²) in [6.07, 6.45) is 3.13. The maximum Gasteiger partial charge on any atom is 0.240 e. The third kappa shape index (κ3) is 3.00. The second-order valence-corrected chi connectivity index (χ2v) is 5.34. The summed E-state index contributed by atoms with van der Waals surface area (Å²) >= 11 is 0. The maximum atomic E-state index is 12.3. The van der Waals surface area contributed by atoms with Crippen molar-refractivity contribution in [3.05, 3.63) is 29.8 Å². The predicted molar refractivity (Wildman–Crippen MR) is 79.4 cm³/mol. The summed E-state index contributed by atoms with van der Waals surface area (Å²) in [5.41, 5.74) is 1.14. The summed E-state index contributed by atoms with van der Waals surface area (Å²) in [6.45, 7) is 4.71. The van der Waals surface area contributed by atoms with Gasteiger partial charge >= 0.3 is 0 Å². The fourth-order valence-corrected chi connectivity index (χ4v) is 2.16. The molecule has 4 heteroatoms. The van der Waals surface area contributed by atoms with Gasteiger partial charge in [0.05, 0.1) is 0 Å². The molecule has 2 amide bonds. The number of anilines is 1. The SMILES string of the molecule is CCCNC(=O)C1(C(=O)Nc2ccc(CC)cc2)CC1. The van der Waals surface area contributed by atoms with Gasteiger partial charge in [-0.2, -0.15) is 0 Å². The Balaban J connectivity index is 1.98. The Kier molecular flexibility index (Phi) is 4.42. The molecule has 0 bridgehead atoms. The van der Waals surface area contributed by atoms with Crippen molar-refractivity contribution < 1.29 is 9.59 Å². The molecule has 1 aromatic carbocycles. The van der Waals surface area contributed by atoms with Gasteiger partial charge in [-0.1, -0.05) is 26.0 Å². The van der Waals surface area contributed by atoms with Gasteiger partial charge in [0, 0.05) is 12.2 Å². The summed E-state index contributed by atoms with van der Waals surface area (Å²) in [7, 11) is 0. The number of carbonyl (C=O) groups excluding carboxylic acids is 2. The molecule has 0 atom stereocenters. The summed E-state index contributed by atoms with van der Waals surface area (Å²) in [4.78, 5) is 24.3. The van der Waals surface area contributed by atoms with Crippen molar-refractivity contribution in [1.29, 1.82) is 0 Å². The van der Waals surface area contributed by atoms with Crippen molar-refractivity contribution in [2.45, 2.75) is 39.5 Å². The first-order valence-corrected chi connectivity index (χ1v) is 7.31. The van der Waals surface area contributed by atoms with Crippen LogP contribution in [0.5, 0.6) is 0 Å². The van der Waals surface area contributed by atoms with Gasteiger partial charge in [-0.3, -0.25) is 9.59 Å². The van der Waals surface area contributed by atoms with Gasteiger partial charge in [0.15, 0.2) is 0 Å². The van der Waals surface area contributed by atoms with Crippen molar-refractivity contribution in [3.8, 4) is 0 Å². The number of aryl methyl sites for hydroxylation is 1. The Bertz CT molecular complexity index is 490. The molecule has 20 heavy (non-hydrogen) atoms. The molecule has 0 aliphatic heterocycles. The van der Waals surface area contributed by atoms with Gasteiger partial charge in [0.1, 0.15) is 5.41 Å². The third-order valence-electron chi connectivity index (χ3n) is 3.77. The highest BCUT2D eigenvalue weighted by molar-refractivity contribution is 6.13. The molecule has 0 heterocycles. The van der Waals surface area contributed by atoms with E-state index in [2.05, 4.69) is 17.6 Å². The van der Waals surface area contributed by atoms with E-state index in [9.17, 15) is 9.59 Å². The fraction of sp³-hybridized carbons (Fsp3) is 0.500. The molecule has 0 saturated heterocycles. The molecule has 1 aromatic rings. The molecule has 0 radical (unpaired) electrons. The molecule has 2 N–H and O–H groups in total. The lowest BCUT2D eigenvalue weighted by Gasteiger charge is -2.15. The number of hydrogen-bond donors (Lipinski definition) is 2. The third-order valence-corrected chi connectivity index (χ3v) is 3.77. The first-order chi connectivity index (χ1) is 9.62. The van der Waals surface area contributed by atoms with Gasteiger partial charge in [-0.15, -0.1) is 0 Å². The van der Waals surface area contributed by atoms with E-state index in [1.807, 2.05) is 31.2 Å². The lowest BCUT2D eigenvalue weighted by Crippen LogP contribution is -2.40. The van der Waals surface area contributed by atoms with Crippen LogP contribution in [-0.4, -0.2) is 18.4 Å². The van der Waals surface area contributed by atoms with Crippen molar-refractivity contribution in [3.63, 3.8) is 0 Å². The summed E-state index contributed by atoms with van der Waals surface area (Å²) in [5, 5.41) is 5.67. The quantitative estimate of drug-likeness (QED) is 0.783. The van der Waals surface area contributed by atoms with E-state index >= 15 is 0 Å². The molecule has 1 aliphatic rings. The highest BCUT2D eigenvalue weighted by Gasteiger charge is 2.56. The van der Waals surface area contributed by atoms with E-state index in [-0.39, 0.29) is 11.8 Å². The number of amides is 2. The van der Waals surface area contributed by atoms with Crippen LogP contribution in [0, 0.1) is 5.41 Å². The van der Waals surface area contributed by atoms with E-state index in [4.69, 9.17) is 0 Å². The van der Waals surface area contributed by atoms with Gasteiger partial charge in [-0.05, 0) is 43.4 Å². The Morgan fingerprint density at radius 3 is 2.25 bits per heavy atom. The molecule has 0 spiro atoms. The van der Waals surface area contributed by atoms with Crippen LogP contribution >= 0.6 is 0 Å². The van der Waals surface area contributed by atoms with E-state index in [1.165, 1.54) is 5.56 Å². The van der Waals surface area contributed by atoms with Crippen LogP contribution < -0.4 is 10.6 Å². The Morgan fingerprint density at radius 1 is 1.10 bits per heavy atom. The predicted octanol–water partition coefficient (Wildman–Crippen LogP) is 2.49. The van der Waals surface area contributed by atoms with E-state index < -0.39 is 5.41 Å². The maximum absolute atomic E-state index is 12.3. The Morgan fingerprint density at radius 2 is 1.75 bits per heavy atom. The summed E-state index contributed by atoms with van der Waals surface area (Å²) in [6, 6.07) is 7.76. The van der Waals surface area contributed by atoms with Gasteiger partial charge in [0.2, 0.25) is 11.8 Å². The van der Waals surface area contributed by atoms with E-state index in [0.717, 1.165) is 18.5 Å². The van der Waals surface area contributed by atoms with E-state index in [1.54, 1.807) is 0 Å². The second-order valence-electron chi connectivity index (χ2n) is 5.34. The molecule has 0 unspecified atom stereocenters. The minimum Gasteiger partial charge on any atom is -0.355 e. The van der Waals surface area contributed by atoms with E-state index in [0.29, 0.717) is 19.4 Å². The van der Waals surface area contributed by atoms with Gasteiger partial charge < -0.3 is 10.6 Å². The summed E-state index contributed by atoms with van der Waals surface area (Å²) < 4.78 is 0. The molecule has 0 aromatic heterocycles. The van der Waals surface area contributed by atoms with Crippen LogP contribution in [0.25, 0.3) is 0 Å². The average molecular weight is 274 g/mol. The minimum atomic E-state index is -0.835. The molecule has 1 saturated carbocycles. The number of nitrogens with one attached hydrogen (secondary N) is 2. The number of benzene rings is 1. The topological polar surface area (TPSA) is 58.2 Å². The summed E-state index contributed by atoms with van der Waals surface area (Å²) in [5.74, 6) is -0.322. The van der Waals surface area contributed by atoms with Gasteiger partial charge in [-0.25, -0.2) is 0 Å². The zero-order chi connectivity index (χ0) is 14.6. The monoisotopic (exact) mass is 274 g/mol. The minimum absolute atomic E-state index is 0.137. The van der Waals surface area contributed by atoms with Crippen molar-refractivity contribution in [2.24, 2.45) is 5.41 Å². The Labute approximate surface area is 119 Å². The highest BCUT2D eigenvalue weighted by Crippen LogP contribution is 2.46. The van der Waals surface area contributed by atoms with Crippen LogP contribution in [0.3, 0.4) is 0 Å². The number of carbonyl (C=O) groups is 2. The second kappa shape index (κ2) is 6.07. The van der Waals surface area contributed by atoms with Crippen molar-refractivity contribution in [1.82, 2.24) is 5.32 Å². The average Bonchev–Trinajstić information content (AvgIpc) is 3.27. The van der Waals surface area contributed by atoms with Crippen molar-refractivity contribution in [2.75, 3.05) is 11.9 Å². The lowest BCUT2D eigenvalue weighted by molar-refractivity contribution is -0.134. The molecule has 2 rings (SSSR count). The highest BCUT2D eigenvalue weighted by atomic mass is 16.2. The smallest absolute Gasteiger partial charge is 0.240 e. The molecule has 4 nitrogen and oxygen atoms in total. The first-order valence-electron chi connectivity index (χ1n) is 7.31. The lowest BCUT2D eigenvalue weighted by atomic mass is 10.0. The fourth-order valence-electron chi connectivity index (χ4n) is 2.16. The van der Waals surface area contributed by atoms with Gasteiger partial charge in [0.25, 0.3) is 0 Å². The Hall–Kier alpha value is -1.84. The zero-order valence-corrected chi connectivity index (χ0v) is 12.2. The molecular weight excluding hydrogens is 252 g/mol. The standard InChI is InChI=1S/C16H22N2O2/c1-3-11-17-14(19)16(9-10-16)15(20)18-13-7-5-12(4-2)6-8-13/h5-8H,3-4,9-11H2,1-2H3,(H,17,19)(H,18,20). The van der Waals surface area contributed by atoms with Crippen LogP contribution in [0.15, 0.2) is 24.3 Å². The zero-order valence-electron chi connectivity index (χ0n) is 12.2. The van der Waals surface area contributed by atoms with Crippen LogP contribution in [0.1, 0.15) is 38.7 Å². The van der Waals surface area contributed by atoms with Crippen molar-refractivity contribution >= 4 is 17.5 Å². The molecule has 108 valence electrons. The first kappa shape index (κ1) is 14.6. The normalized spacial score (nSPS) is 15.5. The molecule has 1 aliphatic carbocycles. The molecule has 1 fully saturated rings. The molecular formula is C16H22N2O2. The number of hydrogen-bond acceptors (Lipinski definition) is 2. The van der Waals surface area contributed by atoms with Crippen LogP contribution in [0.4, 0.5) is 5.69 Å². The van der Waals surface area contributed by atoms with Crippen LogP contribution in [-0.2, 0) is 16.0 Å². The number of rotatable bonds is 6.